The fourth-order valence-electron chi connectivity index (χ4n) is 4.56. The van der Waals surface area contributed by atoms with Gasteiger partial charge in [0, 0.05) is 12.1 Å². The molecule has 0 saturated carbocycles. The number of alkyl halides is 3. The summed E-state index contributed by atoms with van der Waals surface area (Å²) < 4.78 is 45.4. The van der Waals surface area contributed by atoms with Gasteiger partial charge in [-0.2, -0.15) is 13.2 Å². The fraction of sp³-hybridized carbons (Fsp3) is 0.444. The Morgan fingerprint density at radius 2 is 1.81 bits per heavy atom. The van der Waals surface area contributed by atoms with Gasteiger partial charge >= 0.3 is 6.18 Å². The summed E-state index contributed by atoms with van der Waals surface area (Å²) in [6.07, 6.45) is -4.84. The number of hydrogen-bond acceptors (Lipinski definition) is 4. The van der Waals surface area contributed by atoms with Gasteiger partial charge in [0.15, 0.2) is 11.5 Å². The zero-order chi connectivity index (χ0) is 19.9. The van der Waals surface area contributed by atoms with Crippen molar-refractivity contribution in [3.63, 3.8) is 0 Å². The molecule has 4 unspecified atom stereocenters. The number of fused-ring (bicyclic) bond motifs is 5. The lowest BCUT2D eigenvalue weighted by Crippen LogP contribution is -2.46. The molecule has 4 rings (SSSR count). The van der Waals surface area contributed by atoms with Crippen LogP contribution in [0, 0.1) is 18.4 Å². The van der Waals surface area contributed by atoms with Crippen LogP contribution in [0.3, 0.4) is 0 Å². The number of halogens is 3. The summed E-state index contributed by atoms with van der Waals surface area (Å²) >= 11 is 0. The van der Waals surface area contributed by atoms with Gasteiger partial charge in [0.1, 0.15) is 5.60 Å². The van der Waals surface area contributed by atoms with E-state index in [0.29, 0.717) is 11.0 Å². The number of amides is 2. The van der Waals surface area contributed by atoms with Crippen molar-refractivity contribution >= 4 is 29.0 Å². The van der Waals surface area contributed by atoms with E-state index in [1.807, 2.05) is 0 Å². The van der Waals surface area contributed by atoms with E-state index in [2.05, 4.69) is 4.85 Å². The molecular weight excluding hydrogens is 365 g/mol. The maximum Gasteiger partial charge on any atom is 0.407 e. The molecule has 1 aromatic rings. The van der Waals surface area contributed by atoms with E-state index in [-0.39, 0.29) is 17.9 Å². The molecule has 3 fully saturated rings. The Morgan fingerprint density at radius 3 is 2.41 bits per heavy atom. The minimum absolute atomic E-state index is 0.0258. The maximum atomic E-state index is 13.2. The summed E-state index contributed by atoms with van der Waals surface area (Å²) in [5.74, 6) is -3.73. The van der Waals surface area contributed by atoms with Gasteiger partial charge in [-0.3, -0.25) is 14.4 Å². The van der Waals surface area contributed by atoms with Gasteiger partial charge in [0.2, 0.25) is 11.8 Å². The van der Waals surface area contributed by atoms with Crippen LogP contribution in [0.15, 0.2) is 18.2 Å². The quantitative estimate of drug-likeness (QED) is 0.557. The summed E-state index contributed by atoms with van der Waals surface area (Å²) in [4.78, 5) is 41.7. The van der Waals surface area contributed by atoms with Gasteiger partial charge in [-0.25, -0.2) is 9.74 Å². The van der Waals surface area contributed by atoms with Gasteiger partial charge in [0.05, 0.1) is 29.6 Å². The monoisotopic (exact) mass is 378 g/mol. The number of imide groups is 1. The Balaban J connectivity index is 1.82. The molecule has 0 spiro atoms. The van der Waals surface area contributed by atoms with Crippen LogP contribution in [-0.4, -0.2) is 28.8 Å². The molecule has 1 aromatic carbocycles. The highest BCUT2D eigenvalue weighted by Crippen LogP contribution is 2.59. The fourth-order valence-corrected chi connectivity index (χ4v) is 4.56. The van der Waals surface area contributed by atoms with Crippen LogP contribution in [0.25, 0.3) is 4.85 Å². The van der Waals surface area contributed by atoms with Crippen molar-refractivity contribution < 1.29 is 32.3 Å². The molecule has 0 N–H and O–H groups in total. The number of ether oxygens (including phenoxy) is 1. The van der Waals surface area contributed by atoms with Crippen LogP contribution in [-0.2, 0) is 25.3 Å². The predicted molar refractivity (Wildman–Crippen MR) is 84.7 cm³/mol. The summed E-state index contributed by atoms with van der Waals surface area (Å²) in [5.41, 5.74) is -4.72. The molecule has 3 heterocycles. The number of hydrogen-bond donors (Lipinski definition) is 0. The lowest BCUT2D eigenvalue weighted by atomic mass is 9.68. The van der Waals surface area contributed by atoms with Crippen molar-refractivity contribution in [2.45, 2.75) is 37.6 Å². The smallest absolute Gasteiger partial charge is 0.359 e. The summed E-state index contributed by atoms with van der Waals surface area (Å²) in [7, 11) is 0. The highest BCUT2D eigenvalue weighted by molar-refractivity contribution is 6.25. The largest absolute Gasteiger partial charge is 0.407 e. The molecule has 2 bridgehead atoms. The second-order valence-electron chi connectivity index (χ2n) is 7.40. The number of carbonyl (C=O) groups is 3. The molecule has 0 radical (unpaired) electrons. The van der Waals surface area contributed by atoms with Crippen LogP contribution in [0.2, 0.25) is 0 Å². The van der Waals surface area contributed by atoms with E-state index in [0.717, 1.165) is 12.1 Å². The van der Waals surface area contributed by atoms with Crippen LogP contribution in [0.4, 0.5) is 24.5 Å². The summed E-state index contributed by atoms with van der Waals surface area (Å²) in [6.45, 7) is 9.90. The zero-order valence-corrected chi connectivity index (χ0v) is 14.3. The van der Waals surface area contributed by atoms with Crippen LogP contribution >= 0.6 is 0 Å². The molecular formula is C18H13F3N2O4. The van der Waals surface area contributed by atoms with Crippen molar-refractivity contribution in [1.82, 2.24) is 0 Å². The molecule has 3 aliphatic heterocycles. The van der Waals surface area contributed by atoms with Crippen molar-refractivity contribution in [3.8, 4) is 0 Å². The van der Waals surface area contributed by atoms with Crippen LogP contribution in [0.1, 0.15) is 25.8 Å². The Hall–Kier alpha value is -2.73. The molecule has 2 amide bonds. The number of rotatable bonds is 1. The van der Waals surface area contributed by atoms with Gasteiger partial charge in [-0.05, 0) is 26.0 Å². The van der Waals surface area contributed by atoms with Crippen molar-refractivity contribution in [1.29, 1.82) is 0 Å². The Morgan fingerprint density at radius 1 is 1.19 bits per heavy atom. The first-order valence-corrected chi connectivity index (χ1v) is 8.14. The lowest BCUT2D eigenvalue weighted by Gasteiger charge is -2.26. The standard InChI is InChI=1S/C18H13F3N2O4/c1-16-7-11(24)17(2,27-16)13-12(16)14(25)23(15(13)26)8-4-5-10(22-3)9(6-8)18(19,20)21/h4-6,12-13H,7H2,1-2H3. The highest BCUT2D eigenvalue weighted by Gasteiger charge is 2.76. The average Bonchev–Trinajstić information content (AvgIpc) is 3.07. The van der Waals surface area contributed by atoms with E-state index < -0.39 is 52.3 Å². The van der Waals surface area contributed by atoms with E-state index >= 15 is 0 Å². The van der Waals surface area contributed by atoms with Gasteiger partial charge in [-0.15, -0.1) is 0 Å². The average molecular weight is 378 g/mol. The Bertz CT molecular complexity index is 966. The number of carbonyl (C=O) groups excluding carboxylic acids is 3. The molecule has 9 heteroatoms. The van der Waals surface area contributed by atoms with Crippen LogP contribution < -0.4 is 4.90 Å². The second kappa shape index (κ2) is 4.95. The van der Waals surface area contributed by atoms with Crippen molar-refractivity contribution in [2.75, 3.05) is 4.90 Å². The molecule has 0 aliphatic carbocycles. The number of anilines is 1. The zero-order valence-electron chi connectivity index (χ0n) is 14.3. The maximum absolute atomic E-state index is 13.2. The predicted octanol–water partition coefficient (Wildman–Crippen LogP) is 2.88. The normalized spacial score (nSPS) is 35.0. The molecule has 3 aliphatic rings. The number of Topliss-reactive ketones (excluding diaryl/α,β-unsaturated/α-hetero) is 1. The minimum atomic E-state index is -4.81. The molecule has 3 saturated heterocycles. The van der Waals surface area contributed by atoms with E-state index in [9.17, 15) is 27.6 Å². The third-order valence-electron chi connectivity index (χ3n) is 5.73. The third-order valence-corrected chi connectivity index (χ3v) is 5.73. The minimum Gasteiger partial charge on any atom is -0.359 e. The first-order valence-electron chi connectivity index (χ1n) is 8.14. The molecule has 0 aromatic heterocycles. The molecule has 6 nitrogen and oxygen atoms in total. The SMILES string of the molecule is [C-]#[N+]c1ccc(N2C(=O)C3C(C2=O)C2(C)OC3(C)CC2=O)cc1C(F)(F)F. The number of benzene rings is 1. The Labute approximate surface area is 151 Å². The van der Waals surface area contributed by atoms with E-state index in [1.54, 1.807) is 6.92 Å². The number of ketones is 1. The summed E-state index contributed by atoms with van der Waals surface area (Å²) in [6, 6.07) is 2.69. The molecule has 140 valence electrons. The highest BCUT2D eigenvalue weighted by atomic mass is 19.4. The second-order valence-corrected chi connectivity index (χ2v) is 7.40. The van der Waals surface area contributed by atoms with Crippen molar-refractivity contribution in [2.24, 2.45) is 11.8 Å². The van der Waals surface area contributed by atoms with Gasteiger partial charge in [-0.1, -0.05) is 6.07 Å². The van der Waals surface area contributed by atoms with E-state index in [4.69, 9.17) is 11.3 Å². The van der Waals surface area contributed by atoms with Gasteiger partial charge < -0.3 is 4.74 Å². The van der Waals surface area contributed by atoms with Crippen LogP contribution in [0.5, 0.6) is 0 Å². The van der Waals surface area contributed by atoms with Crippen molar-refractivity contribution in [3.05, 3.63) is 35.2 Å². The van der Waals surface area contributed by atoms with Gasteiger partial charge in [0.25, 0.3) is 0 Å². The Kier molecular flexibility index (Phi) is 3.24. The first kappa shape index (κ1) is 17.7. The third kappa shape index (κ3) is 2.07. The summed E-state index contributed by atoms with van der Waals surface area (Å²) in [5, 5.41) is 0. The molecule has 4 atom stereocenters. The first-order chi connectivity index (χ1) is 12.4. The van der Waals surface area contributed by atoms with E-state index in [1.165, 1.54) is 6.92 Å². The lowest BCUT2D eigenvalue weighted by molar-refractivity contribution is -0.140. The molecule has 27 heavy (non-hydrogen) atoms. The number of nitrogens with zero attached hydrogens (tertiary/aromatic N) is 2. The topological polar surface area (TPSA) is 68.0 Å².